The lowest BCUT2D eigenvalue weighted by Crippen LogP contribution is -2.44. The number of aryl methyl sites for hydroxylation is 1. The molecule has 0 aliphatic heterocycles. The fourth-order valence-corrected chi connectivity index (χ4v) is 2.30. The van der Waals surface area contributed by atoms with Gasteiger partial charge in [-0.05, 0) is 19.3 Å². The molecular formula is C11H19N3O4S. The molecule has 19 heavy (non-hydrogen) atoms. The highest BCUT2D eigenvalue weighted by Crippen LogP contribution is 2.11. The Hall–Kier alpha value is -1.41. The molecule has 108 valence electrons. The zero-order valence-electron chi connectivity index (χ0n) is 11.4. The van der Waals surface area contributed by atoms with E-state index in [9.17, 15) is 13.2 Å². The molecule has 0 radical (unpaired) electrons. The molecule has 0 saturated carbocycles. The van der Waals surface area contributed by atoms with E-state index in [0.29, 0.717) is 12.2 Å². The highest BCUT2D eigenvalue weighted by Gasteiger charge is 2.23. The lowest BCUT2D eigenvalue weighted by molar-refractivity contribution is -0.118. The summed E-state index contributed by atoms with van der Waals surface area (Å²) in [4.78, 5) is 12.0. The van der Waals surface area contributed by atoms with Gasteiger partial charge < -0.3 is 9.84 Å². The molecule has 1 aromatic rings. The van der Waals surface area contributed by atoms with Gasteiger partial charge in [-0.1, -0.05) is 19.0 Å². The van der Waals surface area contributed by atoms with Crippen molar-refractivity contribution in [3.8, 4) is 0 Å². The van der Waals surface area contributed by atoms with Gasteiger partial charge in [0.2, 0.25) is 15.9 Å². The molecule has 0 spiro atoms. The first-order chi connectivity index (χ1) is 8.67. The van der Waals surface area contributed by atoms with Crippen LogP contribution >= 0.6 is 0 Å². The van der Waals surface area contributed by atoms with Crippen LogP contribution in [0.5, 0.6) is 0 Å². The van der Waals surface area contributed by atoms with Crippen LogP contribution in [0.15, 0.2) is 10.6 Å². The van der Waals surface area contributed by atoms with E-state index in [4.69, 9.17) is 4.52 Å². The molecule has 2 N–H and O–H groups in total. The molecule has 0 saturated heterocycles. The molecule has 0 aliphatic carbocycles. The van der Waals surface area contributed by atoms with Crippen LogP contribution in [0.2, 0.25) is 0 Å². The number of rotatable bonds is 6. The Labute approximate surface area is 112 Å². The predicted octanol–water partition coefficient (Wildman–Crippen LogP) is 0.885. The third kappa shape index (κ3) is 5.84. The molecule has 1 amide bonds. The van der Waals surface area contributed by atoms with Gasteiger partial charge in [-0.15, -0.1) is 0 Å². The Morgan fingerprint density at radius 3 is 2.53 bits per heavy atom. The van der Waals surface area contributed by atoms with Gasteiger partial charge in [-0.3, -0.25) is 4.79 Å². The van der Waals surface area contributed by atoms with E-state index in [0.717, 1.165) is 6.26 Å². The van der Waals surface area contributed by atoms with Crippen LogP contribution in [0.3, 0.4) is 0 Å². The summed E-state index contributed by atoms with van der Waals surface area (Å²) >= 11 is 0. The second-order valence-corrected chi connectivity index (χ2v) is 6.66. The molecular weight excluding hydrogens is 270 g/mol. The topological polar surface area (TPSA) is 101 Å². The van der Waals surface area contributed by atoms with Gasteiger partial charge in [0.1, 0.15) is 11.8 Å². The lowest BCUT2D eigenvalue weighted by Gasteiger charge is -2.18. The fraction of sp³-hybridized carbons (Fsp3) is 0.636. The maximum atomic E-state index is 12.0. The maximum Gasteiger partial charge on any atom is 0.243 e. The largest absolute Gasteiger partial charge is 0.360 e. The minimum absolute atomic E-state index is 0.170. The molecule has 0 unspecified atom stereocenters. The molecule has 0 bridgehead atoms. The summed E-state index contributed by atoms with van der Waals surface area (Å²) < 4.78 is 29.7. The quantitative estimate of drug-likeness (QED) is 0.809. The number of hydrogen-bond donors (Lipinski definition) is 2. The highest BCUT2D eigenvalue weighted by atomic mass is 32.2. The maximum absolute atomic E-state index is 12.0. The van der Waals surface area contributed by atoms with Gasteiger partial charge in [-0.2, -0.15) is 0 Å². The predicted molar refractivity (Wildman–Crippen MR) is 71.1 cm³/mol. The zero-order valence-corrected chi connectivity index (χ0v) is 12.2. The van der Waals surface area contributed by atoms with E-state index in [-0.39, 0.29) is 11.7 Å². The number of carbonyl (C=O) groups is 1. The average molecular weight is 289 g/mol. The second kappa shape index (κ2) is 6.16. The Morgan fingerprint density at radius 1 is 1.47 bits per heavy atom. The summed E-state index contributed by atoms with van der Waals surface area (Å²) in [6, 6.07) is 0.733. The van der Waals surface area contributed by atoms with Crippen LogP contribution < -0.4 is 10.0 Å². The number of carbonyl (C=O) groups excluding carboxylic acids is 1. The second-order valence-electron chi connectivity index (χ2n) is 4.88. The fourth-order valence-electron chi connectivity index (χ4n) is 1.58. The van der Waals surface area contributed by atoms with Crippen molar-refractivity contribution in [3.05, 3.63) is 11.8 Å². The van der Waals surface area contributed by atoms with Crippen molar-refractivity contribution in [2.45, 2.75) is 33.2 Å². The smallest absolute Gasteiger partial charge is 0.243 e. The summed E-state index contributed by atoms with van der Waals surface area (Å²) in [6.07, 6.45) is 1.42. The first-order valence-corrected chi connectivity index (χ1v) is 7.78. The number of hydrogen-bond acceptors (Lipinski definition) is 5. The average Bonchev–Trinajstić information content (AvgIpc) is 2.60. The van der Waals surface area contributed by atoms with Crippen molar-refractivity contribution in [2.24, 2.45) is 5.92 Å². The first-order valence-electron chi connectivity index (χ1n) is 5.89. The molecule has 7 nitrogen and oxygen atoms in total. The summed E-state index contributed by atoms with van der Waals surface area (Å²) in [5.41, 5.74) is 0. The van der Waals surface area contributed by atoms with Crippen LogP contribution in [0.1, 0.15) is 26.0 Å². The van der Waals surface area contributed by atoms with Crippen molar-refractivity contribution < 1.29 is 17.7 Å². The van der Waals surface area contributed by atoms with E-state index >= 15 is 0 Å². The molecule has 1 rings (SSSR count). The molecule has 0 aromatic carbocycles. The number of aromatic nitrogens is 1. The van der Waals surface area contributed by atoms with Crippen molar-refractivity contribution in [1.29, 1.82) is 0 Å². The van der Waals surface area contributed by atoms with Crippen LogP contribution in [0.4, 0.5) is 5.82 Å². The van der Waals surface area contributed by atoms with Gasteiger partial charge in [-0.25, -0.2) is 13.1 Å². The molecule has 8 heteroatoms. The Morgan fingerprint density at radius 2 is 2.11 bits per heavy atom. The van der Waals surface area contributed by atoms with Crippen molar-refractivity contribution in [3.63, 3.8) is 0 Å². The van der Waals surface area contributed by atoms with Gasteiger partial charge in [0.05, 0.1) is 6.26 Å². The summed E-state index contributed by atoms with van der Waals surface area (Å²) in [7, 11) is -3.46. The molecule has 0 aliphatic rings. The highest BCUT2D eigenvalue weighted by molar-refractivity contribution is 7.88. The SMILES string of the molecule is Cc1cc(NC(=O)[C@H](CC(C)C)NS(C)(=O)=O)no1. The van der Waals surface area contributed by atoms with Crippen molar-refractivity contribution in [1.82, 2.24) is 9.88 Å². The third-order valence-electron chi connectivity index (χ3n) is 2.26. The summed E-state index contributed by atoms with van der Waals surface area (Å²) in [6.45, 7) is 5.51. The van der Waals surface area contributed by atoms with Gasteiger partial charge in [0.15, 0.2) is 5.82 Å². The minimum Gasteiger partial charge on any atom is -0.360 e. The van der Waals surface area contributed by atoms with E-state index in [2.05, 4.69) is 15.2 Å². The Balaban J connectivity index is 2.76. The van der Waals surface area contributed by atoms with Crippen LogP contribution in [-0.4, -0.2) is 31.8 Å². The number of nitrogens with one attached hydrogen (secondary N) is 2. The van der Waals surface area contributed by atoms with Crippen LogP contribution in [-0.2, 0) is 14.8 Å². The molecule has 0 fully saturated rings. The summed E-state index contributed by atoms with van der Waals surface area (Å²) in [5.74, 6) is 0.551. The van der Waals surface area contributed by atoms with Crippen LogP contribution in [0.25, 0.3) is 0 Å². The van der Waals surface area contributed by atoms with Gasteiger partial charge >= 0.3 is 0 Å². The molecule has 1 heterocycles. The van der Waals surface area contributed by atoms with Gasteiger partial charge in [0.25, 0.3) is 0 Å². The lowest BCUT2D eigenvalue weighted by atomic mass is 10.0. The third-order valence-corrected chi connectivity index (χ3v) is 2.97. The number of amides is 1. The van der Waals surface area contributed by atoms with E-state index < -0.39 is 22.0 Å². The van der Waals surface area contributed by atoms with Crippen molar-refractivity contribution >= 4 is 21.7 Å². The Kier molecular flexibility index (Phi) is 5.07. The zero-order chi connectivity index (χ0) is 14.6. The number of anilines is 1. The summed E-state index contributed by atoms with van der Waals surface area (Å²) in [5, 5.41) is 6.15. The molecule has 1 atom stereocenters. The Bertz CT molecular complexity index is 536. The molecule has 1 aromatic heterocycles. The standard InChI is InChI=1S/C11H19N3O4S/c1-7(2)5-9(14-19(4,16)17)11(15)12-10-6-8(3)18-13-10/h6-7,9,14H,5H2,1-4H3,(H,12,13,15)/t9-/m0/s1. The van der Waals surface area contributed by atoms with Crippen LogP contribution in [0, 0.1) is 12.8 Å². The normalized spacial score (nSPS) is 13.5. The van der Waals surface area contributed by atoms with Crippen molar-refractivity contribution in [2.75, 3.05) is 11.6 Å². The number of nitrogens with zero attached hydrogens (tertiary/aromatic N) is 1. The minimum atomic E-state index is -3.46. The van der Waals surface area contributed by atoms with E-state index in [1.807, 2.05) is 13.8 Å². The van der Waals surface area contributed by atoms with Gasteiger partial charge in [0, 0.05) is 6.07 Å². The van der Waals surface area contributed by atoms with E-state index in [1.165, 1.54) is 0 Å². The number of sulfonamides is 1. The monoisotopic (exact) mass is 289 g/mol. The van der Waals surface area contributed by atoms with E-state index in [1.54, 1.807) is 13.0 Å². The first kappa shape index (κ1) is 15.6.